The average Bonchev–Trinajstić information content (AvgIpc) is 3.55. The van der Waals surface area contributed by atoms with Gasteiger partial charge in [0.1, 0.15) is 24.7 Å². The maximum Gasteiger partial charge on any atom is 0.256 e. The van der Waals surface area contributed by atoms with Gasteiger partial charge in [-0.3, -0.25) is 24.6 Å². The number of aliphatic imine (C=N–C) groups is 2. The van der Waals surface area contributed by atoms with Crippen LogP contribution in [-0.4, -0.2) is 92.6 Å². The number of fused-ring (bicyclic) bond motifs is 4. The highest BCUT2D eigenvalue weighted by atomic mass is 16.5. The van der Waals surface area contributed by atoms with E-state index in [4.69, 9.17) is 43.4 Å². The molecule has 0 unspecified atom stereocenters. The topological polar surface area (TPSA) is 134 Å². The summed E-state index contributed by atoms with van der Waals surface area (Å²) >= 11 is 0. The first kappa shape index (κ1) is 40.0. The Morgan fingerprint density at radius 1 is 0.548 bits per heavy atom. The zero-order valence-electron chi connectivity index (χ0n) is 34.9. The number of methoxy groups -OCH3 is 4. The van der Waals surface area contributed by atoms with Crippen molar-refractivity contribution in [1.82, 2.24) is 14.8 Å². The van der Waals surface area contributed by atoms with Crippen LogP contribution < -0.4 is 28.4 Å². The summed E-state index contributed by atoms with van der Waals surface area (Å²) in [6.07, 6.45) is 9.23. The van der Waals surface area contributed by atoms with Crippen LogP contribution in [0.3, 0.4) is 0 Å². The summed E-state index contributed by atoms with van der Waals surface area (Å²) < 4.78 is 34.6. The van der Waals surface area contributed by atoms with E-state index in [0.29, 0.717) is 82.8 Å². The van der Waals surface area contributed by atoms with Gasteiger partial charge in [-0.05, 0) is 83.6 Å². The molecule has 0 N–H and O–H groups in total. The van der Waals surface area contributed by atoms with Crippen molar-refractivity contribution in [2.24, 2.45) is 9.98 Å². The number of pyridine rings is 1. The van der Waals surface area contributed by atoms with E-state index < -0.39 is 0 Å². The predicted octanol–water partition coefficient (Wildman–Crippen LogP) is 8.30. The molecule has 0 fully saturated rings. The number of amides is 2. The van der Waals surface area contributed by atoms with Gasteiger partial charge < -0.3 is 38.2 Å². The van der Waals surface area contributed by atoms with Gasteiger partial charge >= 0.3 is 0 Å². The number of nitrogens with zero attached hydrogens (tertiary/aromatic N) is 5. The van der Waals surface area contributed by atoms with Crippen LogP contribution in [0.2, 0.25) is 0 Å². The number of rotatable bonds is 12. The lowest BCUT2D eigenvalue weighted by Crippen LogP contribution is -2.42. The Morgan fingerprint density at radius 3 is 1.39 bits per heavy atom. The highest BCUT2D eigenvalue weighted by molar-refractivity contribution is 6.05. The second-order valence-electron chi connectivity index (χ2n) is 15.1. The van der Waals surface area contributed by atoms with Gasteiger partial charge in [0, 0.05) is 37.7 Å². The van der Waals surface area contributed by atoms with Crippen molar-refractivity contribution in [3.05, 3.63) is 137 Å². The van der Waals surface area contributed by atoms with Gasteiger partial charge in [-0.25, -0.2) is 0 Å². The minimum absolute atomic E-state index is 0.120. The molecule has 62 heavy (non-hydrogen) atoms. The fourth-order valence-corrected chi connectivity index (χ4v) is 8.17. The zero-order chi connectivity index (χ0) is 42.7. The van der Waals surface area contributed by atoms with E-state index in [2.05, 4.69) is 12.2 Å². The van der Waals surface area contributed by atoms with Crippen molar-refractivity contribution in [3.63, 3.8) is 0 Å². The molecule has 0 saturated heterocycles. The summed E-state index contributed by atoms with van der Waals surface area (Å²) in [7, 11) is 6.38. The summed E-state index contributed by atoms with van der Waals surface area (Å²) in [5.74, 6) is 3.04. The van der Waals surface area contributed by atoms with Crippen LogP contribution in [0.4, 0.5) is 11.4 Å². The SMILES string of the molecule is COc1ccc(C2=C[C@H]3C=Nc4cc(OCc5cccc(COc6cc7c(cc6OC)C(=O)N6CCC(c8ccc(OC)cc8)=C[C@H]6C=N7)n5)c(OC)cc4C(=O)N3CC2)cc1. The summed E-state index contributed by atoms with van der Waals surface area (Å²) in [6.45, 7) is 1.34. The molecule has 314 valence electrons. The Hall–Kier alpha value is -7.41. The molecule has 9 rings (SSSR count). The van der Waals surface area contributed by atoms with E-state index in [1.165, 1.54) is 0 Å². The second kappa shape index (κ2) is 17.3. The van der Waals surface area contributed by atoms with E-state index in [0.717, 1.165) is 33.8 Å². The quantitative estimate of drug-likeness (QED) is 0.122. The number of benzene rings is 4. The van der Waals surface area contributed by atoms with Crippen LogP contribution in [-0.2, 0) is 13.2 Å². The number of hydrogen-bond acceptors (Lipinski definition) is 11. The van der Waals surface area contributed by atoms with E-state index in [-0.39, 0.29) is 37.1 Å². The van der Waals surface area contributed by atoms with E-state index in [1.807, 2.05) is 76.5 Å². The minimum Gasteiger partial charge on any atom is -0.497 e. The maximum absolute atomic E-state index is 13.9. The monoisotopic (exact) mass is 831 g/mol. The molecule has 4 aliphatic heterocycles. The van der Waals surface area contributed by atoms with Crippen LogP contribution in [0, 0.1) is 0 Å². The van der Waals surface area contributed by atoms with Crippen molar-refractivity contribution in [2.75, 3.05) is 41.5 Å². The third-order valence-corrected chi connectivity index (χ3v) is 11.5. The molecule has 4 aromatic carbocycles. The molecule has 0 aliphatic carbocycles. The molecule has 5 aromatic rings. The standard InChI is InChI=1S/C49H45N5O8/c1-57-38-12-8-30(9-13-38)32-16-18-53-36(20-32)26-50-42-24-46(44(59-3)22-40(42)48(53)55)61-28-34-6-5-7-35(52-34)29-62-47-25-43-41(23-45(47)60-4)49(56)54-19-17-33(21-37(54)27-51-43)31-10-14-39(58-2)15-11-31/h5-15,20-27,36-37H,16-19,28-29H2,1-4H3/t36-,37-/m0/s1. The molecule has 5 heterocycles. The average molecular weight is 832 g/mol. The third kappa shape index (κ3) is 7.96. The molecule has 2 atom stereocenters. The third-order valence-electron chi connectivity index (χ3n) is 11.5. The Balaban J connectivity index is 0.881. The highest BCUT2D eigenvalue weighted by Crippen LogP contribution is 2.41. The largest absolute Gasteiger partial charge is 0.497 e. The van der Waals surface area contributed by atoms with E-state index >= 15 is 0 Å². The number of aromatic nitrogens is 1. The van der Waals surface area contributed by atoms with Gasteiger partial charge in [-0.2, -0.15) is 0 Å². The van der Waals surface area contributed by atoms with Crippen LogP contribution in [0.5, 0.6) is 34.5 Å². The first-order chi connectivity index (χ1) is 30.3. The van der Waals surface area contributed by atoms with Gasteiger partial charge in [0.15, 0.2) is 23.0 Å². The predicted molar refractivity (Wildman–Crippen MR) is 236 cm³/mol. The summed E-state index contributed by atoms with van der Waals surface area (Å²) in [5, 5.41) is 0. The normalized spacial score (nSPS) is 17.6. The van der Waals surface area contributed by atoms with E-state index in [1.54, 1.807) is 65.1 Å². The Bertz CT molecular complexity index is 2480. The molecule has 2 amide bonds. The van der Waals surface area contributed by atoms with Gasteiger partial charge in [0.25, 0.3) is 11.8 Å². The molecule has 0 bridgehead atoms. The zero-order valence-corrected chi connectivity index (χ0v) is 34.9. The lowest BCUT2D eigenvalue weighted by Gasteiger charge is -2.31. The van der Waals surface area contributed by atoms with Gasteiger partial charge in [0.2, 0.25) is 0 Å². The van der Waals surface area contributed by atoms with Gasteiger partial charge in [-0.15, -0.1) is 0 Å². The lowest BCUT2D eigenvalue weighted by atomic mass is 9.95. The minimum atomic E-state index is -0.300. The summed E-state index contributed by atoms with van der Waals surface area (Å²) in [4.78, 5) is 45.7. The lowest BCUT2D eigenvalue weighted by molar-refractivity contribution is 0.0744. The maximum atomic E-state index is 13.9. The van der Waals surface area contributed by atoms with Crippen molar-refractivity contribution in [3.8, 4) is 34.5 Å². The second-order valence-corrected chi connectivity index (χ2v) is 15.1. The Labute approximate surface area is 359 Å². The van der Waals surface area contributed by atoms with Crippen LogP contribution in [0.25, 0.3) is 11.1 Å². The molecule has 0 saturated carbocycles. The van der Waals surface area contributed by atoms with Crippen LogP contribution >= 0.6 is 0 Å². The summed E-state index contributed by atoms with van der Waals surface area (Å²) in [6, 6.07) is 27.7. The molecule has 4 aliphatic rings. The Kier molecular flexibility index (Phi) is 11.2. The molecule has 1 aromatic heterocycles. The highest BCUT2D eigenvalue weighted by Gasteiger charge is 2.33. The van der Waals surface area contributed by atoms with Gasteiger partial charge in [-0.1, -0.05) is 42.5 Å². The molecular weight excluding hydrogens is 787 g/mol. The first-order valence-electron chi connectivity index (χ1n) is 20.4. The fraction of sp³-hybridized carbons (Fsp3) is 0.245. The fourth-order valence-electron chi connectivity index (χ4n) is 8.17. The van der Waals surface area contributed by atoms with Crippen molar-refractivity contribution < 1.29 is 38.0 Å². The number of ether oxygens (including phenoxy) is 6. The molecule has 13 nitrogen and oxygen atoms in total. The number of carbonyl (C=O) groups excluding carboxylic acids is 2. The van der Waals surface area contributed by atoms with Crippen LogP contribution in [0.15, 0.2) is 113 Å². The number of hydrogen-bond donors (Lipinski definition) is 0. The molecular formula is C49H45N5O8. The first-order valence-corrected chi connectivity index (χ1v) is 20.4. The van der Waals surface area contributed by atoms with Crippen molar-refractivity contribution in [1.29, 1.82) is 0 Å². The summed E-state index contributed by atoms with van der Waals surface area (Å²) in [5.41, 5.74) is 7.67. The van der Waals surface area contributed by atoms with Gasteiger partial charge in [0.05, 0.1) is 74.4 Å². The smallest absolute Gasteiger partial charge is 0.256 e. The van der Waals surface area contributed by atoms with Crippen molar-refractivity contribution in [2.45, 2.75) is 38.1 Å². The number of carbonyl (C=O) groups is 2. The van der Waals surface area contributed by atoms with E-state index in [9.17, 15) is 9.59 Å². The Morgan fingerprint density at radius 2 is 0.984 bits per heavy atom. The molecule has 0 spiro atoms. The van der Waals surface area contributed by atoms with Crippen molar-refractivity contribution >= 4 is 46.8 Å². The van der Waals surface area contributed by atoms with Crippen LogP contribution in [0.1, 0.15) is 56.1 Å². The molecule has 13 heteroatoms. The molecule has 0 radical (unpaired) electrons.